The molecule has 296 valence electrons. The van der Waals surface area contributed by atoms with Crippen molar-refractivity contribution in [2.45, 2.75) is 124 Å². The highest BCUT2D eigenvalue weighted by Crippen LogP contribution is 2.58. The second-order valence-corrected chi connectivity index (χ2v) is 17.6. The van der Waals surface area contributed by atoms with Crippen molar-refractivity contribution >= 4 is 45.3 Å². The molecular weight excluding hydrogens is 747 g/mol. The van der Waals surface area contributed by atoms with Gasteiger partial charge in [-0.1, -0.05) is 42.3 Å². The van der Waals surface area contributed by atoms with E-state index in [2.05, 4.69) is 30.5 Å². The van der Waals surface area contributed by atoms with Crippen molar-refractivity contribution in [3.05, 3.63) is 41.8 Å². The molecule has 4 fully saturated rings. The number of halogens is 3. The van der Waals surface area contributed by atoms with Crippen molar-refractivity contribution in [3.63, 3.8) is 0 Å². The van der Waals surface area contributed by atoms with E-state index in [1.54, 1.807) is 19.1 Å². The third-order valence-electron chi connectivity index (χ3n) is 11.7. The maximum atomic E-state index is 14.5. The summed E-state index contributed by atoms with van der Waals surface area (Å²) in [6, 6.07) is -1.81. The first-order valence-corrected chi connectivity index (χ1v) is 20.3. The summed E-state index contributed by atoms with van der Waals surface area (Å²) in [6.07, 6.45) is 5.77. The SMILES string of the molecule is Cc1cc(C(=O)N[C@H]2CCCCC/C=C\[C@@H]3C[C@@]3(C(=O)NS(=O)(=O)C3CC3)NC(=O)[C@@H]3C[C@@H](OC4=NC56C=CCCC5C6N=C4C(F)(F)F)CN3C2=O)no1. The third kappa shape index (κ3) is 7.07. The number of hydrogen-bond acceptors (Lipinski definition) is 11. The minimum Gasteiger partial charge on any atom is -0.471 e. The minimum atomic E-state index is -4.89. The number of aromatic nitrogens is 1. The van der Waals surface area contributed by atoms with E-state index in [0.29, 0.717) is 57.1 Å². The molecule has 7 aliphatic rings. The average molecular weight is 790 g/mol. The Hall–Kier alpha value is -4.55. The van der Waals surface area contributed by atoms with Crippen molar-refractivity contribution in [1.29, 1.82) is 0 Å². The molecule has 0 bridgehead atoms. The molecule has 3 saturated carbocycles. The van der Waals surface area contributed by atoms with E-state index in [4.69, 9.17) is 9.26 Å². The van der Waals surface area contributed by atoms with Gasteiger partial charge in [-0.05, 0) is 58.3 Å². The first-order valence-electron chi connectivity index (χ1n) is 18.8. The Morgan fingerprint density at radius 2 is 1.89 bits per heavy atom. The van der Waals surface area contributed by atoms with Gasteiger partial charge in [0.25, 0.3) is 11.8 Å². The fourth-order valence-corrected chi connectivity index (χ4v) is 9.76. The lowest BCUT2D eigenvalue weighted by Gasteiger charge is -2.29. The summed E-state index contributed by atoms with van der Waals surface area (Å²) >= 11 is 0. The molecular formula is C36H42F3N7O8S. The molecule has 4 heterocycles. The Labute approximate surface area is 314 Å². The zero-order valence-corrected chi connectivity index (χ0v) is 30.8. The van der Waals surface area contributed by atoms with Gasteiger partial charge in [0.1, 0.15) is 35.0 Å². The van der Waals surface area contributed by atoms with Crippen molar-refractivity contribution in [3.8, 4) is 0 Å². The highest BCUT2D eigenvalue weighted by atomic mass is 32.2. The number of allylic oxidation sites excluding steroid dienone is 2. The zero-order chi connectivity index (χ0) is 38.9. The smallest absolute Gasteiger partial charge is 0.438 e. The second kappa shape index (κ2) is 13.6. The van der Waals surface area contributed by atoms with Crippen LogP contribution in [0.3, 0.4) is 0 Å². The number of sulfonamides is 1. The van der Waals surface area contributed by atoms with E-state index < -0.39 is 97.9 Å². The lowest BCUT2D eigenvalue weighted by molar-refractivity contribution is -0.141. The standard InChI is InChI=1S/C36H42F3N7O8S/c1-19-15-25(44-54-19)29(47)40-24-11-6-4-2-3-5-9-20-17-35(20,33(50)45-55(51,52)22-12-13-22)42-30(48)26-16-21(18-46(26)32(24)49)53-31-28(36(37,38)39)41-27-23-10-7-8-14-34(23,27)43-31/h5,8-9,14-15,20-24,26-27H,2-4,6-7,10-13,16-18H2,1H3,(H,40,47)(H,42,48)(H,45,50)/b9-5-/t20-,21-,23?,24+,26+,27?,34?,35-/m1/s1. The molecule has 15 nitrogen and oxygen atoms in total. The monoisotopic (exact) mass is 789 g/mol. The Balaban J connectivity index is 1.10. The molecule has 0 radical (unpaired) electrons. The number of aryl methyl sites for hydroxylation is 1. The zero-order valence-electron chi connectivity index (χ0n) is 30.0. The number of carbonyl (C=O) groups is 4. The Morgan fingerprint density at radius 1 is 1.09 bits per heavy atom. The highest BCUT2D eigenvalue weighted by Gasteiger charge is 2.68. The van der Waals surface area contributed by atoms with Crippen LogP contribution < -0.4 is 15.4 Å². The number of ether oxygens (including phenoxy) is 1. The highest BCUT2D eigenvalue weighted by molar-refractivity contribution is 7.91. The summed E-state index contributed by atoms with van der Waals surface area (Å²) in [7, 11) is -3.98. The van der Waals surface area contributed by atoms with Gasteiger partial charge in [0, 0.05) is 24.3 Å². The Morgan fingerprint density at radius 3 is 2.62 bits per heavy atom. The van der Waals surface area contributed by atoms with E-state index >= 15 is 0 Å². The maximum Gasteiger partial charge on any atom is 0.438 e. The van der Waals surface area contributed by atoms with Crippen LogP contribution in [0, 0.1) is 18.8 Å². The number of fused-ring (bicyclic) bond motifs is 3. The number of aliphatic imine (C=N–C) groups is 2. The van der Waals surface area contributed by atoms with Crippen LogP contribution in [-0.2, 0) is 29.1 Å². The number of nitrogens with zero attached hydrogens (tertiary/aromatic N) is 4. The summed E-state index contributed by atoms with van der Waals surface area (Å²) < 4.78 is 81.9. The Kier molecular flexibility index (Phi) is 9.23. The van der Waals surface area contributed by atoms with Crippen LogP contribution in [0.5, 0.6) is 0 Å². The molecule has 8 rings (SSSR count). The van der Waals surface area contributed by atoms with Crippen molar-refractivity contribution in [2.75, 3.05) is 6.54 Å². The summed E-state index contributed by atoms with van der Waals surface area (Å²) in [6.45, 7) is 1.24. The van der Waals surface area contributed by atoms with E-state index in [1.807, 2.05) is 12.2 Å². The topological polar surface area (TPSA) is 202 Å². The van der Waals surface area contributed by atoms with E-state index in [0.717, 1.165) is 4.90 Å². The summed E-state index contributed by atoms with van der Waals surface area (Å²) in [5.74, 6) is -4.23. The molecule has 3 unspecified atom stereocenters. The number of alkyl halides is 3. The van der Waals surface area contributed by atoms with Crippen LogP contribution in [0.4, 0.5) is 13.2 Å². The van der Waals surface area contributed by atoms with E-state index in [1.165, 1.54) is 6.07 Å². The third-order valence-corrected chi connectivity index (χ3v) is 13.5. The molecule has 3 aliphatic heterocycles. The van der Waals surface area contributed by atoms with Gasteiger partial charge in [0.05, 0.1) is 17.8 Å². The van der Waals surface area contributed by atoms with Crippen LogP contribution in [-0.4, -0.2) is 107 Å². The Bertz CT molecular complexity index is 2030. The summed E-state index contributed by atoms with van der Waals surface area (Å²) in [4.78, 5) is 65.4. The van der Waals surface area contributed by atoms with Gasteiger partial charge in [-0.25, -0.2) is 13.4 Å². The summed E-state index contributed by atoms with van der Waals surface area (Å²) in [5.41, 5.74) is -3.92. The number of rotatable bonds is 6. The van der Waals surface area contributed by atoms with Crippen molar-refractivity contribution in [1.82, 2.24) is 25.4 Å². The van der Waals surface area contributed by atoms with E-state index in [9.17, 15) is 40.8 Å². The van der Waals surface area contributed by atoms with Gasteiger partial charge < -0.3 is 24.8 Å². The molecule has 55 heavy (non-hydrogen) atoms. The van der Waals surface area contributed by atoms with Gasteiger partial charge in [0.15, 0.2) is 5.69 Å². The van der Waals surface area contributed by atoms with Gasteiger partial charge in [-0.2, -0.15) is 13.2 Å². The molecule has 8 atom stereocenters. The van der Waals surface area contributed by atoms with Crippen LogP contribution in [0.25, 0.3) is 0 Å². The quantitative estimate of drug-likeness (QED) is 0.363. The predicted octanol–water partition coefficient (Wildman–Crippen LogP) is 2.57. The molecule has 4 amide bonds. The lowest BCUT2D eigenvalue weighted by atomic mass is 10.0. The first-order chi connectivity index (χ1) is 26.1. The number of amides is 4. The fourth-order valence-electron chi connectivity index (χ4n) is 8.40. The molecule has 1 aromatic heterocycles. The molecule has 19 heteroatoms. The van der Waals surface area contributed by atoms with Crippen LogP contribution in [0.15, 0.2) is 44.9 Å². The van der Waals surface area contributed by atoms with Gasteiger partial charge in [-0.15, -0.1) is 0 Å². The number of hydrogen-bond donors (Lipinski definition) is 3. The number of nitrogens with one attached hydrogen (secondary N) is 3. The average Bonchev–Trinajstić information content (AvgIpc) is 4.08. The lowest BCUT2D eigenvalue weighted by Crippen LogP contribution is -2.58. The van der Waals surface area contributed by atoms with Gasteiger partial charge in [0.2, 0.25) is 33.4 Å². The molecule has 1 saturated heterocycles. The fraction of sp³-hybridized carbons (Fsp3) is 0.639. The molecule has 1 aromatic rings. The molecule has 3 N–H and O–H groups in total. The van der Waals surface area contributed by atoms with Crippen LogP contribution in [0.1, 0.15) is 86.9 Å². The van der Waals surface area contributed by atoms with Gasteiger partial charge >= 0.3 is 6.18 Å². The van der Waals surface area contributed by atoms with Crippen LogP contribution in [0.2, 0.25) is 0 Å². The van der Waals surface area contributed by atoms with Crippen LogP contribution >= 0.6 is 0 Å². The molecule has 4 aliphatic carbocycles. The molecule has 1 spiro atoms. The summed E-state index contributed by atoms with van der Waals surface area (Å²) in [5, 5.41) is 8.46. The van der Waals surface area contributed by atoms with E-state index in [-0.39, 0.29) is 37.4 Å². The normalized spacial score (nSPS) is 35.2. The van der Waals surface area contributed by atoms with Crippen molar-refractivity contribution < 1.29 is 50.0 Å². The second-order valence-electron chi connectivity index (χ2n) is 15.7. The number of carbonyl (C=O) groups excluding carboxylic acids is 4. The maximum absolute atomic E-state index is 14.5. The molecule has 0 aromatic carbocycles. The first kappa shape index (κ1) is 37.4. The predicted molar refractivity (Wildman–Crippen MR) is 188 cm³/mol. The largest absolute Gasteiger partial charge is 0.471 e. The minimum absolute atomic E-state index is 0.0702. The van der Waals surface area contributed by atoms with Gasteiger partial charge in [-0.3, -0.25) is 28.9 Å². The van der Waals surface area contributed by atoms with Crippen molar-refractivity contribution in [2.24, 2.45) is 21.8 Å².